The molecule has 7 heteroatoms. The van der Waals surface area contributed by atoms with Crippen molar-refractivity contribution < 1.29 is 28.9 Å². The zero-order valence-corrected chi connectivity index (χ0v) is 18.3. The summed E-state index contributed by atoms with van der Waals surface area (Å²) in [5.41, 5.74) is 2.50. The van der Waals surface area contributed by atoms with Crippen LogP contribution in [0.3, 0.4) is 0 Å². The van der Waals surface area contributed by atoms with Crippen LogP contribution >= 0.6 is 0 Å². The maximum absolute atomic E-state index is 14.0. The zero-order chi connectivity index (χ0) is 23.9. The Bertz CT molecular complexity index is 1310. The monoisotopic (exact) mass is 447 g/mol. The summed E-state index contributed by atoms with van der Waals surface area (Å²) in [6.07, 6.45) is 0. The molecular formula is C26H22FNO5. The predicted molar refractivity (Wildman–Crippen MR) is 122 cm³/mol. The van der Waals surface area contributed by atoms with E-state index < -0.39 is 29.3 Å². The van der Waals surface area contributed by atoms with Gasteiger partial charge in [-0.1, -0.05) is 18.2 Å². The fourth-order valence-corrected chi connectivity index (χ4v) is 3.99. The second-order valence-corrected chi connectivity index (χ2v) is 7.88. The average Bonchev–Trinajstić information content (AvgIpc) is 3.06. The van der Waals surface area contributed by atoms with Crippen molar-refractivity contribution in [3.05, 3.63) is 94.3 Å². The van der Waals surface area contributed by atoms with E-state index in [0.717, 1.165) is 23.3 Å². The Labute approximate surface area is 190 Å². The molecule has 1 atom stereocenters. The number of aliphatic hydroxyl groups excluding tert-OH is 1. The molecule has 3 aromatic rings. The van der Waals surface area contributed by atoms with E-state index in [4.69, 9.17) is 4.74 Å². The van der Waals surface area contributed by atoms with Gasteiger partial charge in [-0.05, 0) is 73.0 Å². The average molecular weight is 447 g/mol. The van der Waals surface area contributed by atoms with Gasteiger partial charge in [0, 0.05) is 5.69 Å². The Hall–Kier alpha value is -4.13. The van der Waals surface area contributed by atoms with Crippen LogP contribution in [0.5, 0.6) is 11.5 Å². The lowest BCUT2D eigenvalue weighted by Crippen LogP contribution is -2.29. The number of hydrogen-bond donors (Lipinski definition) is 2. The van der Waals surface area contributed by atoms with Crippen molar-refractivity contribution in [3.63, 3.8) is 0 Å². The largest absolute Gasteiger partial charge is 0.508 e. The highest BCUT2D eigenvalue weighted by atomic mass is 19.1. The quantitative estimate of drug-likeness (QED) is 0.341. The number of methoxy groups -OCH3 is 1. The number of aryl methyl sites for hydroxylation is 2. The number of Topliss-reactive ketones (excluding diaryl/α,β-unsaturated/α-hetero) is 1. The summed E-state index contributed by atoms with van der Waals surface area (Å²) in [7, 11) is 1.35. The third kappa shape index (κ3) is 3.82. The van der Waals surface area contributed by atoms with Crippen LogP contribution in [0, 0.1) is 19.7 Å². The van der Waals surface area contributed by atoms with Crippen LogP contribution in [0.4, 0.5) is 10.1 Å². The molecule has 1 heterocycles. The number of hydrogen-bond acceptors (Lipinski definition) is 5. The summed E-state index contributed by atoms with van der Waals surface area (Å²) in [5.74, 6) is -2.91. The Balaban J connectivity index is 2.00. The molecule has 1 aliphatic heterocycles. The first-order chi connectivity index (χ1) is 15.7. The van der Waals surface area contributed by atoms with Gasteiger partial charge in [0.1, 0.15) is 23.1 Å². The number of ketones is 1. The van der Waals surface area contributed by atoms with Gasteiger partial charge >= 0.3 is 0 Å². The number of aliphatic hydroxyl groups is 1. The number of phenols is 1. The number of phenolic OH excluding ortho intramolecular Hbond substituents is 1. The van der Waals surface area contributed by atoms with Crippen LogP contribution in [0.15, 0.2) is 66.2 Å². The van der Waals surface area contributed by atoms with Crippen molar-refractivity contribution >= 4 is 23.1 Å². The number of benzene rings is 3. The first-order valence-corrected chi connectivity index (χ1v) is 10.2. The van der Waals surface area contributed by atoms with E-state index in [1.165, 1.54) is 30.2 Å². The molecule has 2 N–H and O–H groups in total. The van der Waals surface area contributed by atoms with E-state index in [0.29, 0.717) is 11.3 Å². The number of nitrogens with zero attached hydrogens (tertiary/aromatic N) is 1. The van der Waals surface area contributed by atoms with Gasteiger partial charge in [0.05, 0.1) is 24.3 Å². The number of carbonyl (C=O) groups is 2. The number of ether oxygens (including phenoxy) is 1. The Morgan fingerprint density at radius 2 is 1.76 bits per heavy atom. The van der Waals surface area contributed by atoms with E-state index in [-0.39, 0.29) is 22.6 Å². The summed E-state index contributed by atoms with van der Waals surface area (Å²) in [5, 5.41) is 21.2. The number of anilines is 1. The van der Waals surface area contributed by atoms with Gasteiger partial charge < -0.3 is 14.9 Å². The lowest BCUT2D eigenvalue weighted by atomic mass is 9.94. The zero-order valence-electron chi connectivity index (χ0n) is 18.3. The third-order valence-corrected chi connectivity index (χ3v) is 5.82. The normalized spacial score (nSPS) is 17.5. The molecule has 4 rings (SSSR count). The summed E-state index contributed by atoms with van der Waals surface area (Å²) >= 11 is 0. The maximum atomic E-state index is 14.0. The summed E-state index contributed by atoms with van der Waals surface area (Å²) < 4.78 is 19.2. The second-order valence-electron chi connectivity index (χ2n) is 7.88. The van der Waals surface area contributed by atoms with Gasteiger partial charge in [0.15, 0.2) is 0 Å². The summed E-state index contributed by atoms with van der Waals surface area (Å²) in [6, 6.07) is 13.9. The molecular weight excluding hydrogens is 425 g/mol. The molecule has 0 radical (unpaired) electrons. The highest BCUT2D eigenvalue weighted by Crippen LogP contribution is 2.44. The van der Waals surface area contributed by atoms with E-state index >= 15 is 0 Å². The Morgan fingerprint density at radius 3 is 2.42 bits per heavy atom. The lowest BCUT2D eigenvalue weighted by molar-refractivity contribution is -0.132. The highest BCUT2D eigenvalue weighted by Gasteiger charge is 2.47. The van der Waals surface area contributed by atoms with Gasteiger partial charge in [-0.3, -0.25) is 14.5 Å². The molecule has 6 nitrogen and oxygen atoms in total. The molecule has 3 aromatic carbocycles. The predicted octanol–water partition coefficient (Wildman–Crippen LogP) is 4.78. The summed E-state index contributed by atoms with van der Waals surface area (Å²) in [6.45, 7) is 3.81. The van der Waals surface area contributed by atoms with Crippen LogP contribution < -0.4 is 9.64 Å². The topological polar surface area (TPSA) is 87.1 Å². The Morgan fingerprint density at radius 1 is 1.00 bits per heavy atom. The number of rotatable bonds is 4. The summed E-state index contributed by atoms with van der Waals surface area (Å²) in [4.78, 5) is 27.7. The fourth-order valence-electron chi connectivity index (χ4n) is 3.99. The first-order valence-electron chi connectivity index (χ1n) is 10.2. The molecule has 0 bridgehead atoms. The van der Waals surface area contributed by atoms with E-state index in [1.807, 2.05) is 19.9 Å². The molecule has 0 aliphatic carbocycles. The van der Waals surface area contributed by atoms with Crippen LogP contribution in [-0.2, 0) is 9.59 Å². The van der Waals surface area contributed by atoms with Gasteiger partial charge in [0.2, 0.25) is 0 Å². The van der Waals surface area contributed by atoms with E-state index in [2.05, 4.69) is 0 Å². The molecule has 0 spiro atoms. The van der Waals surface area contributed by atoms with Crippen LogP contribution in [0.2, 0.25) is 0 Å². The van der Waals surface area contributed by atoms with Crippen molar-refractivity contribution in [2.75, 3.05) is 12.0 Å². The minimum absolute atomic E-state index is 0.0549. The number of carbonyl (C=O) groups excluding carboxylic acids is 2. The number of aromatic hydroxyl groups is 1. The fraction of sp³-hybridized carbons (Fsp3) is 0.154. The van der Waals surface area contributed by atoms with Crippen molar-refractivity contribution in [1.82, 2.24) is 0 Å². The van der Waals surface area contributed by atoms with Crippen LogP contribution in [0.25, 0.3) is 5.76 Å². The standard InChI is InChI=1S/C26H22FNO5/c1-14-7-9-18(11-15(14)2)28-23(16-5-4-6-19(29)12-16)22(25(31)26(28)32)24(30)20-13-17(27)8-10-21(20)33-3/h4-13,23,29-30H,1-3H3/b24-22+. The van der Waals surface area contributed by atoms with Gasteiger partial charge in [0.25, 0.3) is 11.7 Å². The molecule has 168 valence electrons. The highest BCUT2D eigenvalue weighted by molar-refractivity contribution is 6.51. The molecule has 0 saturated carbocycles. The lowest BCUT2D eigenvalue weighted by Gasteiger charge is -2.26. The van der Waals surface area contributed by atoms with Gasteiger partial charge in [-0.15, -0.1) is 0 Å². The second kappa shape index (κ2) is 8.43. The molecule has 1 fully saturated rings. The van der Waals surface area contributed by atoms with Crippen LogP contribution in [0.1, 0.15) is 28.3 Å². The van der Waals surface area contributed by atoms with Gasteiger partial charge in [-0.25, -0.2) is 4.39 Å². The molecule has 1 unspecified atom stereocenters. The maximum Gasteiger partial charge on any atom is 0.300 e. The van der Waals surface area contributed by atoms with Crippen LogP contribution in [-0.4, -0.2) is 29.0 Å². The van der Waals surface area contributed by atoms with E-state index in [9.17, 15) is 24.2 Å². The van der Waals surface area contributed by atoms with Crippen molar-refractivity contribution in [2.24, 2.45) is 0 Å². The minimum atomic E-state index is -1.05. The van der Waals surface area contributed by atoms with E-state index in [1.54, 1.807) is 24.3 Å². The molecule has 0 aromatic heterocycles. The molecule has 1 aliphatic rings. The number of amides is 1. The molecule has 1 saturated heterocycles. The van der Waals surface area contributed by atoms with Gasteiger partial charge in [-0.2, -0.15) is 0 Å². The number of halogens is 1. The Kier molecular flexibility index (Phi) is 5.64. The smallest absolute Gasteiger partial charge is 0.300 e. The van der Waals surface area contributed by atoms with Crippen molar-refractivity contribution in [2.45, 2.75) is 19.9 Å². The molecule has 33 heavy (non-hydrogen) atoms. The molecule has 1 amide bonds. The third-order valence-electron chi connectivity index (χ3n) is 5.82. The SMILES string of the molecule is COc1ccc(F)cc1/C(O)=C1\C(=O)C(=O)N(c2ccc(C)c(C)c2)C1c1cccc(O)c1. The van der Waals surface area contributed by atoms with Crippen molar-refractivity contribution in [3.8, 4) is 11.5 Å². The minimum Gasteiger partial charge on any atom is -0.508 e. The van der Waals surface area contributed by atoms with Crippen molar-refractivity contribution in [1.29, 1.82) is 0 Å². The first kappa shape index (κ1) is 22.1.